The van der Waals surface area contributed by atoms with E-state index in [0.717, 1.165) is 33.8 Å². The first-order valence-electron chi connectivity index (χ1n) is 13.4. The summed E-state index contributed by atoms with van der Waals surface area (Å²) < 4.78 is 11.9. The van der Waals surface area contributed by atoms with E-state index in [2.05, 4.69) is 9.98 Å². The van der Waals surface area contributed by atoms with E-state index in [0.29, 0.717) is 46.1 Å². The van der Waals surface area contributed by atoms with Gasteiger partial charge in [-0.15, -0.1) is 12.4 Å². The molecule has 0 amide bonds. The summed E-state index contributed by atoms with van der Waals surface area (Å²) in [5.41, 5.74) is 10.9. The second-order valence-electron chi connectivity index (χ2n) is 9.78. The lowest BCUT2D eigenvalue weighted by atomic mass is 9.95. The molecule has 4 N–H and O–H groups in total. The van der Waals surface area contributed by atoms with Crippen LogP contribution in [0.25, 0.3) is 0 Å². The zero-order chi connectivity index (χ0) is 31.3. The first-order chi connectivity index (χ1) is 21.3. The van der Waals surface area contributed by atoms with Gasteiger partial charge in [0.1, 0.15) is 23.0 Å². The highest BCUT2D eigenvalue weighted by Gasteiger charge is 2.45. The van der Waals surface area contributed by atoms with Gasteiger partial charge >= 0.3 is 0 Å². The van der Waals surface area contributed by atoms with Gasteiger partial charge in [-0.05, 0) is 48.5 Å². The third kappa shape index (κ3) is 7.32. The van der Waals surface area contributed by atoms with Gasteiger partial charge in [0.15, 0.2) is 0 Å². The molecule has 4 aromatic rings. The minimum Gasteiger partial charge on any atom is -0.457 e. The van der Waals surface area contributed by atoms with Crippen molar-refractivity contribution in [3.63, 3.8) is 0 Å². The summed E-state index contributed by atoms with van der Waals surface area (Å²) in [5, 5.41) is 18.8. The lowest BCUT2D eigenvalue weighted by Crippen LogP contribution is -2.32. The Hall–Kier alpha value is -4.34. The Balaban J connectivity index is 0.000000186. The van der Waals surface area contributed by atoms with Gasteiger partial charge < -0.3 is 20.4 Å². The number of nitrogens with zero attached hydrogens (tertiary/aromatic N) is 4. The van der Waals surface area contributed by atoms with Crippen molar-refractivity contribution in [3.8, 4) is 29.2 Å². The Bertz CT molecular complexity index is 1800. The molecule has 0 saturated heterocycles. The lowest BCUT2D eigenvalue weighted by molar-refractivity contribution is -0.172. The van der Waals surface area contributed by atoms with Crippen LogP contribution in [0, 0.1) is 11.5 Å². The number of nitriles is 1. The fourth-order valence-electron chi connectivity index (χ4n) is 4.97. The Morgan fingerprint density at radius 2 is 1.51 bits per heavy atom. The van der Waals surface area contributed by atoms with Crippen LogP contribution < -0.4 is 20.7 Å². The van der Waals surface area contributed by atoms with Crippen LogP contribution in [0.15, 0.2) is 94.9 Å². The molecular formula is C32H29Cl3N6O4. The standard InChI is InChI=1S/C16H14ClN3O2.C15H9ClN2O.CH5NO.ClH/c1-20-15(18)19-16(22-20)9-10-4-2-3-5-13(10)21-14-7-6-11(17)8-12(14)16;16-11-5-6-15-12(8-11)13(18-9-17)7-10-3-1-2-4-14(10)19-15;1-2-3;/h2-8H,9H2,1H3,(H2,18,19);1-6,8H,7H2;2-3H,1H3;1H. The van der Waals surface area contributed by atoms with E-state index in [1.807, 2.05) is 66.9 Å². The van der Waals surface area contributed by atoms with Crippen molar-refractivity contribution in [3.05, 3.63) is 117 Å². The summed E-state index contributed by atoms with van der Waals surface area (Å²) in [5.74, 6) is 3.24. The highest BCUT2D eigenvalue weighted by molar-refractivity contribution is 6.31. The SMILES string of the molecule is CN1OC2(Cc3ccccc3Oc3ccc(Cl)cc32)N=C1N.CNO.Cl.N#CN=C1Cc2ccccc2Oc2ccc(Cl)cc21. The zero-order valence-corrected chi connectivity index (χ0v) is 26.5. The number of hydroxylamine groups is 3. The minimum absolute atomic E-state index is 0. The zero-order valence-electron chi connectivity index (χ0n) is 24.2. The average Bonchev–Trinajstić information content (AvgIpc) is 3.13. The van der Waals surface area contributed by atoms with E-state index in [-0.39, 0.29) is 12.4 Å². The summed E-state index contributed by atoms with van der Waals surface area (Å²) in [6.07, 6.45) is 2.91. The normalized spacial score (nSPS) is 17.7. The first-order valence-corrected chi connectivity index (χ1v) is 14.2. The number of fused-ring (bicyclic) bond motifs is 5. The van der Waals surface area contributed by atoms with Crippen molar-refractivity contribution in [1.29, 1.82) is 5.26 Å². The quantitative estimate of drug-likeness (QED) is 0.135. The smallest absolute Gasteiger partial charge is 0.222 e. The number of para-hydroxylation sites is 2. The van der Waals surface area contributed by atoms with Gasteiger partial charge in [0.2, 0.25) is 17.9 Å². The molecule has 0 saturated carbocycles. The third-order valence-corrected chi connectivity index (χ3v) is 7.35. The minimum atomic E-state index is -0.953. The molecule has 10 nitrogen and oxygen atoms in total. The molecule has 0 radical (unpaired) electrons. The van der Waals surface area contributed by atoms with Crippen LogP contribution in [0.1, 0.15) is 22.3 Å². The Morgan fingerprint density at radius 1 is 0.933 bits per heavy atom. The Morgan fingerprint density at radius 3 is 2.16 bits per heavy atom. The fourth-order valence-corrected chi connectivity index (χ4v) is 5.31. The number of nitrogens with two attached hydrogens (primary N) is 1. The molecule has 0 bridgehead atoms. The van der Waals surface area contributed by atoms with Crippen LogP contribution in [0.3, 0.4) is 0 Å². The van der Waals surface area contributed by atoms with E-state index in [9.17, 15) is 0 Å². The van der Waals surface area contributed by atoms with Crippen LogP contribution in [0.2, 0.25) is 10.0 Å². The second kappa shape index (κ2) is 14.6. The van der Waals surface area contributed by atoms with Gasteiger partial charge in [-0.2, -0.15) is 10.3 Å². The van der Waals surface area contributed by atoms with Crippen LogP contribution in [0.4, 0.5) is 0 Å². The predicted octanol–water partition coefficient (Wildman–Crippen LogP) is 7.01. The van der Waals surface area contributed by atoms with Crippen molar-refractivity contribution in [2.75, 3.05) is 14.1 Å². The number of rotatable bonds is 0. The summed E-state index contributed by atoms with van der Waals surface area (Å²) in [6.45, 7) is 0. The molecule has 1 unspecified atom stereocenters. The van der Waals surface area contributed by atoms with Crippen LogP contribution in [-0.4, -0.2) is 36.0 Å². The number of aliphatic imine (C=N–C) groups is 2. The number of benzene rings is 4. The topological polar surface area (TPSA) is 138 Å². The van der Waals surface area contributed by atoms with Crippen molar-refractivity contribution in [2.45, 2.75) is 18.6 Å². The predicted molar refractivity (Wildman–Crippen MR) is 176 cm³/mol. The molecular weight excluding hydrogens is 639 g/mol. The Labute approximate surface area is 276 Å². The van der Waals surface area contributed by atoms with Gasteiger partial charge in [0, 0.05) is 53.7 Å². The average molecular weight is 668 g/mol. The maximum Gasteiger partial charge on any atom is 0.222 e. The van der Waals surface area contributed by atoms with Crippen molar-refractivity contribution >= 4 is 47.3 Å². The van der Waals surface area contributed by atoms with Crippen LogP contribution >= 0.6 is 35.6 Å². The third-order valence-electron chi connectivity index (χ3n) is 6.88. The van der Waals surface area contributed by atoms with Gasteiger partial charge in [-0.3, -0.25) is 0 Å². The maximum atomic E-state index is 8.84. The van der Waals surface area contributed by atoms with Crippen molar-refractivity contribution < 1.29 is 19.5 Å². The molecule has 3 aliphatic rings. The van der Waals surface area contributed by atoms with Crippen LogP contribution in [-0.2, 0) is 23.4 Å². The van der Waals surface area contributed by atoms with Crippen molar-refractivity contribution in [2.24, 2.45) is 15.7 Å². The number of nitrogens with one attached hydrogen (secondary N) is 1. The van der Waals surface area contributed by atoms with Gasteiger partial charge in [-0.25, -0.2) is 20.4 Å². The first kappa shape index (κ1) is 33.6. The molecule has 13 heteroatoms. The lowest BCUT2D eigenvalue weighted by Gasteiger charge is -2.25. The highest BCUT2D eigenvalue weighted by Crippen LogP contribution is 2.47. The molecule has 1 spiro atoms. The van der Waals surface area contributed by atoms with E-state index < -0.39 is 5.72 Å². The molecule has 3 heterocycles. The van der Waals surface area contributed by atoms with E-state index in [1.165, 1.54) is 12.1 Å². The number of hydrogen-bond donors (Lipinski definition) is 3. The van der Waals surface area contributed by atoms with E-state index in [4.69, 9.17) is 53.7 Å². The molecule has 3 aliphatic heterocycles. The molecule has 232 valence electrons. The molecule has 45 heavy (non-hydrogen) atoms. The molecule has 7 rings (SSSR count). The number of halogens is 3. The molecule has 1 atom stereocenters. The van der Waals surface area contributed by atoms with Crippen molar-refractivity contribution in [1.82, 2.24) is 10.5 Å². The molecule has 0 fully saturated rings. The monoisotopic (exact) mass is 666 g/mol. The van der Waals surface area contributed by atoms with E-state index >= 15 is 0 Å². The molecule has 0 aromatic heterocycles. The molecule has 0 aliphatic carbocycles. The summed E-state index contributed by atoms with van der Waals surface area (Å²) >= 11 is 12.2. The van der Waals surface area contributed by atoms with Gasteiger partial charge in [0.05, 0.1) is 11.3 Å². The fraction of sp³-hybridized carbons (Fsp3) is 0.156. The van der Waals surface area contributed by atoms with Gasteiger partial charge in [0.25, 0.3) is 0 Å². The van der Waals surface area contributed by atoms with E-state index in [1.54, 1.807) is 36.8 Å². The number of ether oxygens (including phenoxy) is 2. The molecule has 4 aromatic carbocycles. The number of guanidine groups is 1. The summed E-state index contributed by atoms with van der Waals surface area (Å²) in [7, 11) is 3.16. The van der Waals surface area contributed by atoms with Gasteiger partial charge in [-0.1, -0.05) is 59.6 Å². The second-order valence-corrected chi connectivity index (χ2v) is 10.7. The Kier molecular flexibility index (Phi) is 10.9. The summed E-state index contributed by atoms with van der Waals surface area (Å²) in [6, 6.07) is 26.3. The number of hydrogen-bond acceptors (Lipinski definition) is 10. The van der Waals surface area contributed by atoms with Crippen LogP contribution in [0.5, 0.6) is 23.0 Å². The largest absolute Gasteiger partial charge is 0.457 e. The highest BCUT2D eigenvalue weighted by atomic mass is 35.5. The summed E-state index contributed by atoms with van der Waals surface area (Å²) in [4.78, 5) is 14.5. The maximum absolute atomic E-state index is 8.84.